The second-order valence-corrected chi connectivity index (χ2v) is 5.64. The molecular weight excluding hydrogens is 276 g/mol. The Morgan fingerprint density at radius 2 is 2.30 bits per heavy atom. The van der Waals surface area contributed by atoms with Gasteiger partial charge < -0.3 is 10.2 Å². The van der Waals surface area contributed by atoms with Crippen LogP contribution < -0.4 is 5.32 Å². The van der Waals surface area contributed by atoms with Crippen molar-refractivity contribution in [2.24, 2.45) is 5.92 Å². The normalized spacial score (nSPS) is 24.6. The summed E-state index contributed by atoms with van der Waals surface area (Å²) in [6, 6.07) is 0.390. The van der Waals surface area contributed by atoms with Crippen molar-refractivity contribution >= 4 is 18.3 Å². The monoisotopic (exact) mass is 298 g/mol. The highest BCUT2D eigenvalue weighted by Crippen LogP contribution is 2.29. The number of hydrogen-bond donors (Lipinski definition) is 1. The molecular formula is C14H23ClN4O. The molecule has 1 aromatic heterocycles. The molecule has 1 amide bonds. The highest BCUT2D eigenvalue weighted by Gasteiger charge is 2.40. The summed E-state index contributed by atoms with van der Waals surface area (Å²) in [4.78, 5) is 14.7. The fraction of sp³-hybridized carbons (Fsp3) is 0.714. The molecule has 1 N–H and O–H groups in total. The molecule has 5 nitrogen and oxygen atoms in total. The summed E-state index contributed by atoms with van der Waals surface area (Å²) < 4.78 is 1.94. The minimum atomic E-state index is 0. The Balaban J connectivity index is 0.00000147. The van der Waals surface area contributed by atoms with Crippen molar-refractivity contribution in [3.8, 4) is 0 Å². The van der Waals surface area contributed by atoms with Gasteiger partial charge in [0, 0.05) is 37.9 Å². The Hall–Kier alpha value is -1.07. The van der Waals surface area contributed by atoms with Crippen LogP contribution >= 0.6 is 12.4 Å². The van der Waals surface area contributed by atoms with Gasteiger partial charge in [-0.3, -0.25) is 9.48 Å². The number of hydrogen-bond acceptors (Lipinski definition) is 3. The topological polar surface area (TPSA) is 50.2 Å². The Morgan fingerprint density at radius 1 is 1.50 bits per heavy atom. The van der Waals surface area contributed by atoms with Gasteiger partial charge in [0.15, 0.2) is 0 Å². The van der Waals surface area contributed by atoms with Gasteiger partial charge >= 0.3 is 0 Å². The van der Waals surface area contributed by atoms with E-state index in [0.717, 1.165) is 50.3 Å². The van der Waals surface area contributed by atoms with Crippen molar-refractivity contribution < 1.29 is 4.79 Å². The summed E-state index contributed by atoms with van der Waals surface area (Å²) in [6.45, 7) is 7.90. The van der Waals surface area contributed by atoms with Crippen molar-refractivity contribution in [3.05, 3.63) is 17.5 Å². The van der Waals surface area contributed by atoms with Crippen LogP contribution in [-0.4, -0.2) is 46.3 Å². The zero-order valence-corrected chi connectivity index (χ0v) is 12.9. The Kier molecular flexibility index (Phi) is 4.70. The lowest BCUT2D eigenvalue weighted by Crippen LogP contribution is -2.39. The number of halogens is 1. The number of amides is 1. The number of carbonyl (C=O) groups is 1. The number of carbonyl (C=O) groups excluding carboxylic acids is 1. The van der Waals surface area contributed by atoms with E-state index in [1.807, 2.05) is 16.5 Å². The third kappa shape index (κ3) is 2.44. The fourth-order valence-electron chi connectivity index (χ4n) is 3.35. The first kappa shape index (κ1) is 15.3. The largest absolute Gasteiger partial charge is 0.334 e. The average molecular weight is 299 g/mol. The minimum Gasteiger partial charge on any atom is -0.334 e. The molecule has 2 aliphatic rings. The van der Waals surface area contributed by atoms with Gasteiger partial charge in [0.05, 0.1) is 11.8 Å². The summed E-state index contributed by atoms with van der Waals surface area (Å²) in [6.07, 6.45) is 3.91. The molecule has 2 aliphatic heterocycles. The predicted octanol–water partition coefficient (Wildman–Crippen LogP) is 1.46. The molecule has 20 heavy (non-hydrogen) atoms. The number of likely N-dealkylation sites (tertiary alicyclic amines) is 1. The van der Waals surface area contributed by atoms with Crippen molar-refractivity contribution in [1.29, 1.82) is 0 Å². The van der Waals surface area contributed by atoms with Crippen LogP contribution in [0.15, 0.2) is 6.20 Å². The Morgan fingerprint density at radius 3 is 3.05 bits per heavy atom. The zero-order chi connectivity index (χ0) is 13.4. The standard InChI is InChI=1S/C14H22N4O.ClH/c1-3-5-18-10(2)12(8-16-18)14(19)17-6-4-11-7-15-9-13(11)17;/h8,11,13,15H,3-7,9H2,1-2H3;1H/t11-,13+;/m0./s1. The average Bonchev–Trinajstić information content (AvgIpc) is 3.05. The molecule has 6 heteroatoms. The molecule has 2 fully saturated rings. The number of aromatic nitrogens is 2. The fourth-order valence-corrected chi connectivity index (χ4v) is 3.35. The van der Waals surface area contributed by atoms with Crippen LogP contribution in [0.3, 0.4) is 0 Å². The summed E-state index contributed by atoms with van der Waals surface area (Å²) in [7, 11) is 0. The van der Waals surface area contributed by atoms with E-state index >= 15 is 0 Å². The second-order valence-electron chi connectivity index (χ2n) is 5.64. The van der Waals surface area contributed by atoms with Gasteiger partial charge in [0.25, 0.3) is 5.91 Å². The second kappa shape index (κ2) is 6.14. The van der Waals surface area contributed by atoms with Crippen LogP contribution in [0.2, 0.25) is 0 Å². The Bertz CT molecular complexity index is 488. The van der Waals surface area contributed by atoms with E-state index in [1.54, 1.807) is 6.20 Å². The molecule has 1 aromatic rings. The number of fused-ring (bicyclic) bond motifs is 1. The van der Waals surface area contributed by atoms with Gasteiger partial charge in [-0.1, -0.05) is 6.92 Å². The molecule has 3 rings (SSSR count). The summed E-state index contributed by atoms with van der Waals surface area (Å²) in [5, 5.41) is 7.72. The van der Waals surface area contributed by atoms with Gasteiger partial charge in [-0.15, -0.1) is 12.4 Å². The van der Waals surface area contributed by atoms with Gasteiger partial charge in [-0.05, 0) is 25.7 Å². The van der Waals surface area contributed by atoms with E-state index in [-0.39, 0.29) is 18.3 Å². The number of nitrogens with zero attached hydrogens (tertiary/aromatic N) is 3. The molecule has 0 unspecified atom stereocenters. The Labute approximate surface area is 126 Å². The molecule has 0 radical (unpaired) electrons. The predicted molar refractivity (Wildman–Crippen MR) is 80.3 cm³/mol. The lowest BCUT2D eigenvalue weighted by atomic mass is 10.0. The molecule has 0 saturated carbocycles. The van der Waals surface area contributed by atoms with Gasteiger partial charge in [0.2, 0.25) is 0 Å². The number of nitrogens with one attached hydrogen (secondary N) is 1. The molecule has 0 spiro atoms. The van der Waals surface area contributed by atoms with Crippen LogP contribution in [0.4, 0.5) is 0 Å². The van der Waals surface area contributed by atoms with Crippen molar-refractivity contribution in [3.63, 3.8) is 0 Å². The molecule has 0 aromatic carbocycles. The maximum absolute atomic E-state index is 12.7. The summed E-state index contributed by atoms with van der Waals surface area (Å²) in [5.74, 6) is 0.811. The van der Waals surface area contributed by atoms with E-state index in [1.165, 1.54) is 0 Å². The van der Waals surface area contributed by atoms with E-state index in [2.05, 4.69) is 17.3 Å². The maximum Gasteiger partial charge on any atom is 0.257 e. The van der Waals surface area contributed by atoms with Crippen LogP contribution in [0.1, 0.15) is 35.8 Å². The van der Waals surface area contributed by atoms with Crippen LogP contribution in [0, 0.1) is 12.8 Å². The summed E-state index contributed by atoms with van der Waals surface area (Å²) in [5.41, 5.74) is 1.78. The SMILES string of the molecule is CCCn1ncc(C(=O)N2CC[C@H]3CNC[C@H]32)c1C.Cl. The van der Waals surface area contributed by atoms with Gasteiger partial charge in [0.1, 0.15) is 0 Å². The molecule has 2 saturated heterocycles. The maximum atomic E-state index is 12.7. The third-order valence-electron chi connectivity index (χ3n) is 4.48. The lowest BCUT2D eigenvalue weighted by Gasteiger charge is -2.23. The molecule has 0 aliphatic carbocycles. The zero-order valence-electron chi connectivity index (χ0n) is 12.1. The molecule has 0 bridgehead atoms. The van der Waals surface area contributed by atoms with Crippen molar-refractivity contribution in [2.75, 3.05) is 19.6 Å². The van der Waals surface area contributed by atoms with E-state index < -0.39 is 0 Å². The summed E-state index contributed by atoms with van der Waals surface area (Å²) >= 11 is 0. The first-order valence-electron chi connectivity index (χ1n) is 7.26. The van der Waals surface area contributed by atoms with E-state index in [9.17, 15) is 4.79 Å². The van der Waals surface area contributed by atoms with Crippen LogP contribution in [0.5, 0.6) is 0 Å². The highest BCUT2D eigenvalue weighted by atomic mass is 35.5. The first-order chi connectivity index (χ1) is 9.22. The smallest absolute Gasteiger partial charge is 0.257 e. The van der Waals surface area contributed by atoms with Crippen molar-refractivity contribution in [1.82, 2.24) is 20.0 Å². The number of rotatable bonds is 3. The molecule has 2 atom stereocenters. The minimum absolute atomic E-state index is 0. The van der Waals surface area contributed by atoms with Crippen LogP contribution in [0.25, 0.3) is 0 Å². The van der Waals surface area contributed by atoms with E-state index in [0.29, 0.717) is 12.0 Å². The first-order valence-corrected chi connectivity index (χ1v) is 7.26. The lowest BCUT2D eigenvalue weighted by molar-refractivity contribution is 0.0736. The van der Waals surface area contributed by atoms with Gasteiger partial charge in [-0.2, -0.15) is 5.10 Å². The highest BCUT2D eigenvalue weighted by molar-refractivity contribution is 5.95. The molecule has 3 heterocycles. The van der Waals surface area contributed by atoms with Crippen LogP contribution in [-0.2, 0) is 6.54 Å². The number of aryl methyl sites for hydroxylation is 1. The van der Waals surface area contributed by atoms with E-state index in [4.69, 9.17) is 0 Å². The van der Waals surface area contributed by atoms with Gasteiger partial charge in [-0.25, -0.2) is 0 Å². The quantitative estimate of drug-likeness (QED) is 0.919. The van der Waals surface area contributed by atoms with Crippen molar-refractivity contribution in [2.45, 2.75) is 39.3 Å². The molecule has 112 valence electrons. The third-order valence-corrected chi connectivity index (χ3v) is 4.48.